The summed E-state index contributed by atoms with van der Waals surface area (Å²) in [4.78, 5) is 0. The molecule has 0 heterocycles. The van der Waals surface area contributed by atoms with Crippen molar-refractivity contribution in [3.05, 3.63) is 0 Å². The molecule has 0 aliphatic heterocycles. The van der Waals surface area contributed by atoms with E-state index in [4.69, 9.17) is 0 Å². The standard InChI is InChI=1S/6CH4.3Sn.2Te/h6*1H4;;;;;. The molecular weight excluding hydrogens is 683 g/mol. The third-order valence-corrected chi connectivity index (χ3v) is 0. The van der Waals surface area contributed by atoms with E-state index in [0.717, 1.165) is 0 Å². The van der Waals surface area contributed by atoms with Crippen LogP contribution in [-0.2, 0) is 0 Å². The Hall–Kier alpha value is 3.98. The summed E-state index contributed by atoms with van der Waals surface area (Å²) in [5.74, 6) is 0. The molecule has 0 unspecified atom stereocenters. The van der Waals surface area contributed by atoms with E-state index < -0.39 is 0 Å². The zero-order valence-electron chi connectivity index (χ0n) is 2.32. The summed E-state index contributed by atoms with van der Waals surface area (Å²) in [7, 11) is 0. The molecule has 0 bridgehead atoms. The van der Waals surface area contributed by atoms with Gasteiger partial charge in [0.15, 0.2) is 0 Å². The van der Waals surface area contributed by atoms with Crippen LogP contribution >= 0.6 is 0 Å². The van der Waals surface area contributed by atoms with Crippen LogP contribution in [0.1, 0.15) is 44.6 Å². The maximum absolute atomic E-state index is 0. The van der Waals surface area contributed by atoms with Crippen LogP contribution in [0.15, 0.2) is 0 Å². The molecule has 0 N–H and O–H groups in total. The van der Waals surface area contributed by atoms with Gasteiger partial charge in [-0.05, 0) is 0 Å². The molecule has 0 nitrogen and oxygen atoms in total. The van der Waals surface area contributed by atoms with Crippen LogP contribution in [0.2, 0.25) is 0 Å². The largest absolute Gasteiger partial charge is 0.0776 e. The molecule has 0 amide bonds. The van der Waals surface area contributed by atoms with Crippen molar-refractivity contribution in [2.45, 2.75) is 44.6 Å². The Morgan fingerprint density at radius 3 is 0.273 bits per heavy atom. The summed E-state index contributed by atoms with van der Waals surface area (Å²) in [6.07, 6.45) is 0. The first-order valence-corrected chi connectivity index (χ1v) is 0. The van der Waals surface area contributed by atoms with E-state index in [9.17, 15) is 0 Å². The minimum atomic E-state index is 0. The molecule has 0 aliphatic rings. The molecule has 0 saturated carbocycles. The van der Waals surface area contributed by atoms with Crippen molar-refractivity contribution in [3.63, 3.8) is 0 Å². The zero-order chi connectivity index (χ0) is 0. The summed E-state index contributed by atoms with van der Waals surface area (Å²) in [5.41, 5.74) is 0. The maximum atomic E-state index is 0. The molecule has 0 aliphatic carbocycles. The summed E-state index contributed by atoms with van der Waals surface area (Å²) in [6.45, 7) is 0. The van der Waals surface area contributed by atoms with Crippen LogP contribution in [0.4, 0.5) is 0 Å². The molecule has 5 heteroatoms. The van der Waals surface area contributed by atoms with Crippen LogP contribution in [0.25, 0.3) is 0 Å². The Bertz CT molecular complexity index is 15.8. The van der Waals surface area contributed by atoms with Gasteiger partial charge in [0.05, 0.1) is 0 Å². The summed E-state index contributed by atoms with van der Waals surface area (Å²) in [5, 5.41) is 0. The molecule has 11 heavy (non-hydrogen) atoms. The van der Waals surface area contributed by atoms with Crippen molar-refractivity contribution < 1.29 is 0 Å². The van der Waals surface area contributed by atoms with E-state index in [-0.39, 0.29) is 164 Å². The normalized spacial score (nSPS) is 0. The fourth-order valence-electron chi connectivity index (χ4n) is 0. The topological polar surface area (TPSA) is 0 Å². The monoisotopic (exact) mass is 716 g/mol. The molecule has 0 saturated heterocycles. The van der Waals surface area contributed by atoms with Crippen molar-refractivity contribution in [1.82, 2.24) is 0 Å². The van der Waals surface area contributed by atoms with Gasteiger partial charge in [-0.25, -0.2) is 0 Å². The van der Waals surface area contributed by atoms with Crippen molar-refractivity contribution in [2.24, 2.45) is 0 Å². The minimum absolute atomic E-state index is 0. The zero-order valence-corrected chi connectivity index (χ0v) is 15.5. The van der Waals surface area contributed by atoms with Gasteiger partial charge in [0.1, 0.15) is 0 Å². The molecule has 0 atom stereocenters. The number of hydrogen-bond donors (Lipinski definition) is 0. The van der Waals surface area contributed by atoms with Gasteiger partial charge in [0.2, 0.25) is 0 Å². The Labute approximate surface area is 161 Å². The first-order valence-electron chi connectivity index (χ1n) is 0. The first-order chi connectivity index (χ1) is 0. The van der Waals surface area contributed by atoms with Crippen LogP contribution < -0.4 is 0 Å². The van der Waals surface area contributed by atoms with E-state index in [2.05, 4.69) is 0 Å². The molecular formula is C6H24Sn3Te2. The summed E-state index contributed by atoms with van der Waals surface area (Å²) in [6, 6.07) is 0. The second kappa shape index (κ2) is 149. The Balaban J connectivity index is 0. The Morgan fingerprint density at radius 2 is 0.273 bits per heavy atom. The van der Waals surface area contributed by atoms with E-state index in [1.165, 1.54) is 0 Å². The van der Waals surface area contributed by atoms with Gasteiger partial charge >= 0.3 is 0 Å². The summed E-state index contributed by atoms with van der Waals surface area (Å²) < 4.78 is 0. The predicted octanol–water partition coefficient (Wildman–Crippen LogP) is 1.91. The van der Waals surface area contributed by atoms with Crippen LogP contribution in [0.3, 0.4) is 0 Å². The molecule has 0 spiro atoms. The average molecular weight is 708 g/mol. The molecule has 0 rings (SSSR count). The molecule has 0 aromatic heterocycles. The number of rotatable bonds is 0. The fraction of sp³-hybridized carbons (Fsp3) is 1.00. The predicted molar refractivity (Wildman–Crippen MR) is 69.2 cm³/mol. The van der Waals surface area contributed by atoms with Gasteiger partial charge < -0.3 is 0 Å². The SMILES string of the molecule is C.C.C.C.C.C.[Sn].[Sn].[Sn].[Te].[Te]. The maximum Gasteiger partial charge on any atom is 0 e. The molecule has 0 fully saturated rings. The van der Waals surface area contributed by atoms with Crippen molar-refractivity contribution in [3.8, 4) is 0 Å². The van der Waals surface area contributed by atoms with Gasteiger partial charge in [-0.2, -0.15) is 0 Å². The minimum Gasteiger partial charge on any atom is -0.0776 e. The van der Waals surface area contributed by atoms with Gasteiger partial charge in [0, 0.05) is 119 Å². The van der Waals surface area contributed by atoms with E-state index in [1.54, 1.807) is 0 Å². The Morgan fingerprint density at radius 1 is 0.273 bits per heavy atom. The van der Waals surface area contributed by atoms with Crippen molar-refractivity contribution in [1.29, 1.82) is 0 Å². The van der Waals surface area contributed by atoms with Gasteiger partial charge in [-0.15, -0.1) is 0 Å². The van der Waals surface area contributed by atoms with Gasteiger partial charge in [-0.1, -0.05) is 44.6 Å². The molecule has 0 aromatic rings. The van der Waals surface area contributed by atoms with Crippen LogP contribution in [-0.4, -0.2) is 119 Å². The van der Waals surface area contributed by atoms with Crippen LogP contribution in [0, 0.1) is 0 Å². The van der Waals surface area contributed by atoms with Crippen molar-refractivity contribution in [2.75, 3.05) is 0 Å². The third-order valence-electron chi connectivity index (χ3n) is 0. The van der Waals surface area contributed by atoms with E-state index in [1.807, 2.05) is 0 Å². The first kappa shape index (κ1) is 185. The van der Waals surface area contributed by atoms with Gasteiger partial charge in [0.25, 0.3) is 0 Å². The Kier molecular flexibility index (Phi) is 2510. The van der Waals surface area contributed by atoms with Crippen molar-refractivity contribution >= 4 is 119 Å². The fourth-order valence-corrected chi connectivity index (χ4v) is 0. The molecule has 16 radical (unpaired) electrons. The van der Waals surface area contributed by atoms with Gasteiger partial charge in [-0.3, -0.25) is 0 Å². The third kappa shape index (κ3) is 127. The van der Waals surface area contributed by atoms with E-state index >= 15 is 0 Å². The van der Waals surface area contributed by atoms with E-state index in [0.29, 0.717) is 0 Å². The average Bonchev–Trinajstić information content (AvgIpc) is 0. The van der Waals surface area contributed by atoms with Crippen LogP contribution in [0.5, 0.6) is 0 Å². The second-order valence-electron chi connectivity index (χ2n) is 0. The summed E-state index contributed by atoms with van der Waals surface area (Å²) >= 11 is 0. The molecule has 0 aromatic carbocycles. The molecule has 72 valence electrons. The smallest absolute Gasteiger partial charge is 0 e. The number of hydrogen-bond acceptors (Lipinski definition) is 0. The second-order valence-corrected chi connectivity index (χ2v) is 0. The quantitative estimate of drug-likeness (QED) is 0.338.